The number of fused-ring (bicyclic) bond motifs is 1. The molecule has 0 radical (unpaired) electrons. The van der Waals surface area contributed by atoms with Gasteiger partial charge in [-0.15, -0.1) is 0 Å². The van der Waals surface area contributed by atoms with E-state index in [0.29, 0.717) is 6.61 Å². The zero-order chi connectivity index (χ0) is 19.4. The summed E-state index contributed by atoms with van der Waals surface area (Å²) in [5, 5.41) is 4.89. The molecule has 0 bridgehead atoms. The highest BCUT2D eigenvalue weighted by Gasteiger charge is 2.54. The predicted octanol–water partition coefficient (Wildman–Crippen LogP) is 2.81. The van der Waals surface area contributed by atoms with Gasteiger partial charge in [-0.05, 0) is 58.8 Å². The van der Waals surface area contributed by atoms with Gasteiger partial charge in [0.15, 0.2) is 6.29 Å². The van der Waals surface area contributed by atoms with Crippen LogP contribution in [0, 0.1) is 5.41 Å². The van der Waals surface area contributed by atoms with Crippen LogP contribution < -0.4 is 5.46 Å². The summed E-state index contributed by atoms with van der Waals surface area (Å²) >= 11 is 0. The molecule has 3 aliphatic heterocycles. The molecule has 1 unspecified atom stereocenters. The predicted molar refractivity (Wildman–Crippen MR) is 104 cm³/mol. The summed E-state index contributed by atoms with van der Waals surface area (Å²) in [6, 6.07) is 0. The van der Waals surface area contributed by atoms with E-state index < -0.39 is 7.12 Å². The molecular formula is C20H33BN2O4. The second-order valence-corrected chi connectivity index (χ2v) is 10.0. The van der Waals surface area contributed by atoms with Crippen molar-refractivity contribution in [2.45, 2.75) is 97.9 Å². The normalized spacial score (nSPS) is 28.5. The lowest BCUT2D eigenvalue weighted by Gasteiger charge is -2.32. The van der Waals surface area contributed by atoms with E-state index in [1.807, 2.05) is 0 Å². The molecule has 0 spiro atoms. The lowest BCUT2D eigenvalue weighted by Crippen LogP contribution is -2.41. The molecule has 4 rings (SSSR count). The van der Waals surface area contributed by atoms with Crippen LogP contribution in [0.5, 0.6) is 0 Å². The van der Waals surface area contributed by atoms with Gasteiger partial charge in [0.1, 0.15) is 0 Å². The first-order chi connectivity index (χ1) is 12.6. The van der Waals surface area contributed by atoms with Crippen molar-refractivity contribution in [3.05, 3.63) is 11.4 Å². The highest BCUT2D eigenvalue weighted by Crippen LogP contribution is 2.38. The minimum absolute atomic E-state index is 0.127. The van der Waals surface area contributed by atoms with Crippen LogP contribution in [0.4, 0.5) is 0 Å². The van der Waals surface area contributed by atoms with E-state index in [9.17, 15) is 0 Å². The summed E-state index contributed by atoms with van der Waals surface area (Å²) in [6.45, 7) is 15.0. The fraction of sp³-hybridized carbons (Fsp3) is 0.850. The molecule has 0 N–H and O–H groups in total. The highest BCUT2D eigenvalue weighted by atomic mass is 16.7. The van der Waals surface area contributed by atoms with Gasteiger partial charge in [0, 0.05) is 24.3 Å². The quantitative estimate of drug-likeness (QED) is 0.757. The Morgan fingerprint density at radius 1 is 1.11 bits per heavy atom. The van der Waals surface area contributed by atoms with E-state index in [-0.39, 0.29) is 22.9 Å². The molecule has 6 nitrogen and oxygen atoms in total. The van der Waals surface area contributed by atoms with E-state index >= 15 is 0 Å². The zero-order valence-electron chi connectivity index (χ0n) is 17.6. The van der Waals surface area contributed by atoms with Gasteiger partial charge in [-0.25, -0.2) is 0 Å². The van der Waals surface area contributed by atoms with Crippen molar-refractivity contribution in [2.75, 3.05) is 6.61 Å². The number of rotatable bonds is 4. The Kier molecular flexibility index (Phi) is 4.74. The molecule has 27 heavy (non-hydrogen) atoms. The smallest absolute Gasteiger partial charge is 0.399 e. The summed E-state index contributed by atoms with van der Waals surface area (Å²) < 4.78 is 26.6. The molecule has 1 atom stereocenters. The molecule has 7 heteroatoms. The molecule has 3 aliphatic rings. The number of nitrogens with zero attached hydrogens (tertiary/aromatic N) is 2. The molecular weight excluding hydrogens is 343 g/mol. The minimum atomic E-state index is -0.404. The Morgan fingerprint density at radius 2 is 1.81 bits per heavy atom. The zero-order valence-corrected chi connectivity index (χ0v) is 17.6. The van der Waals surface area contributed by atoms with Gasteiger partial charge in [-0.2, -0.15) is 5.10 Å². The average Bonchev–Trinajstić information content (AvgIpc) is 3.10. The summed E-state index contributed by atoms with van der Waals surface area (Å²) in [5.74, 6) is 0. The van der Waals surface area contributed by atoms with Gasteiger partial charge in [0.25, 0.3) is 0 Å². The molecule has 1 aromatic heterocycles. The lowest BCUT2D eigenvalue weighted by atomic mass is 9.75. The molecule has 1 aromatic rings. The van der Waals surface area contributed by atoms with Crippen molar-refractivity contribution in [3.63, 3.8) is 0 Å². The topological polar surface area (TPSA) is 54.7 Å². The summed E-state index contributed by atoms with van der Waals surface area (Å²) in [6.07, 6.45) is 4.07. The van der Waals surface area contributed by atoms with Gasteiger partial charge in [-0.3, -0.25) is 4.68 Å². The van der Waals surface area contributed by atoms with Gasteiger partial charge in [0.05, 0.1) is 23.5 Å². The first kappa shape index (κ1) is 19.4. The standard InChI is InChI=1S/C20H33BN2O4/c1-18(2)11-15-17(21-26-19(3,4)20(5,6)27-21)14(22-23(15)13-18)12-25-16-9-7-8-10-24-16/h16H,7-13H2,1-6H3. The SMILES string of the molecule is CC1(C)Cc2c(B3OC(C)(C)C(C)(C)O3)c(COC3CCCCO3)nn2C1. The van der Waals surface area contributed by atoms with E-state index in [1.165, 1.54) is 5.69 Å². The van der Waals surface area contributed by atoms with Crippen molar-refractivity contribution in [1.29, 1.82) is 0 Å². The third-order valence-corrected chi connectivity index (χ3v) is 6.43. The van der Waals surface area contributed by atoms with Crippen LogP contribution in [-0.4, -0.2) is 41.0 Å². The van der Waals surface area contributed by atoms with E-state index in [4.69, 9.17) is 23.9 Å². The third-order valence-electron chi connectivity index (χ3n) is 6.43. The maximum absolute atomic E-state index is 6.37. The van der Waals surface area contributed by atoms with Crippen molar-refractivity contribution >= 4 is 12.6 Å². The van der Waals surface area contributed by atoms with E-state index in [1.54, 1.807) is 0 Å². The molecule has 4 heterocycles. The monoisotopic (exact) mass is 376 g/mol. The van der Waals surface area contributed by atoms with Crippen LogP contribution in [0.2, 0.25) is 0 Å². The van der Waals surface area contributed by atoms with Crippen molar-refractivity contribution in [3.8, 4) is 0 Å². The summed E-state index contributed by atoms with van der Waals surface area (Å²) in [4.78, 5) is 0. The molecule has 150 valence electrons. The Labute approximate surface area is 163 Å². The largest absolute Gasteiger partial charge is 0.498 e. The van der Waals surface area contributed by atoms with Crippen LogP contribution in [-0.2, 0) is 38.4 Å². The second-order valence-electron chi connectivity index (χ2n) is 10.0. The first-order valence-corrected chi connectivity index (χ1v) is 10.3. The Hall–Kier alpha value is -0.885. The Morgan fingerprint density at radius 3 is 2.44 bits per heavy atom. The number of hydrogen-bond acceptors (Lipinski definition) is 5. The fourth-order valence-corrected chi connectivity index (χ4v) is 4.15. The van der Waals surface area contributed by atoms with Gasteiger partial charge in [-0.1, -0.05) is 13.8 Å². The highest BCUT2D eigenvalue weighted by molar-refractivity contribution is 6.63. The van der Waals surface area contributed by atoms with Crippen LogP contribution in [0.15, 0.2) is 0 Å². The summed E-state index contributed by atoms with van der Waals surface area (Å²) in [7, 11) is -0.404. The van der Waals surface area contributed by atoms with Crippen molar-refractivity contribution in [2.24, 2.45) is 5.41 Å². The summed E-state index contributed by atoms with van der Waals surface area (Å²) in [5.41, 5.74) is 2.67. The fourth-order valence-electron chi connectivity index (χ4n) is 4.15. The van der Waals surface area contributed by atoms with Crippen LogP contribution in [0.3, 0.4) is 0 Å². The molecule has 2 fully saturated rings. The van der Waals surface area contributed by atoms with Crippen LogP contribution >= 0.6 is 0 Å². The van der Waals surface area contributed by atoms with Gasteiger partial charge >= 0.3 is 7.12 Å². The minimum Gasteiger partial charge on any atom is -0.399 e. The number of ether oxygens (including phenoxy) is 2. The first-order valence-electron chi connectivity index (χ1n) is 10.3. The van der Waals surface area contributed by atoms with Gasteiger partial charge in [0.2, 0.25) is 0 Å². The Balaban J connectivity index is 1.60. The van der Waals surface area contributed by atoms with Crippen LogP contribution in [0.25, 0.3) is 0 Å². The Bertz CT molecular complexity index is 691. The third kappa shape index (κ3) is 3.59. The van der Waals surface area contributed by atoms with Crippen molar-refractivity contribution in [1.82, 2.24) is 9.78 Å². The van der Waals surface area contributed by atoms with E-state index in [0.717, 1.165) is 50.0 Å². The number of aromatic nitrogens is 2. The average molecular weight is 376 g/mol. The molecule has 2 saturated heterocycles. The molecule has 0 amide bonds. The van der Waals surface area contributed by atoms with E-state index in [2.05, 4.69) is 46.2 Å². The van der Waals surface area contributed by atoms with Crippen molar-refractivity contribution < 1.29 is 18.8 Å². The molecule has 0 saturated carbocycles. The molecule has 0 aliphatic carbocycles. The molecule has 0 aromatic carbocycles. The maximum Gasteiger partial charge on any atom is 0.498 e. The maximum atomic E-state index is 6.37. The second kappa shape index (κ2) is 6.58. The van der Waals surface area contributed by atoms with Gasteiger partial charge < -0.3 is 18.8 Å². The lowest BCUT2D eigenvalue weighted by molar-refractivity contribution is -0.169. The number of hydrogen-bond donors (Lipinski definition) is 0. The van der Waals surface area contributed by atoms with Crippen LogP contribution in [0.1, 0.15) is 72.2 Å².